The van der Waals surface area contributed by atoms with Crippen molar-refractivity contribution in [3.05, 3.63) is 58.9 Å². The van der Waals surface area contributed by atoms with Gasteiger partial charge in [0.05, 0.1) is 4.70 Å². The number of nitrogens with zero attached hydrogens (tertiary/aromatic N) is 3. The Morgan fingerprint density at radius 2 is 1.80 bits per heavy atom. The van der Waals surface area contributed by atoms with Gasteiger partial charge in [-0.3, -0.25) is 4.79 Å². The van der Waals surface area contributed by atoms with Crippen LogP contribution in [0.3, 0.4) is 0 Å². The maximum atomic E-state index is 13.8. The number of carbonyl (C=O) groups is 1. The standard InChI is InChI=1S/C18H15ClFN3OS/c19-13-6-4-12(5-7-13)17(24)22-8-10-23(11-9-22)18-21-16-14(20)2-1-3-15(16)25-18/h1-7H,8-11H2. The number of hydrogen-bond donors (Lipinski definition) is 0. The Hall–Kier alpha value is -2.18. The van der Waals surface area contributed by atoms with Gasteiger partial charge in [-0.2, -0.15) is 0 Å². The number of benzene rings is 2. The maximum absolute atomic E-state index is 13.8. The van der Waals surface area contributed by atoms with Crippen LogP contribution in [0.4, 0.5) is 9.52 Å². The summed E-state index contributed by atoms with van der Waals surface area (Å²) < 4.78 is 14.7. The lowest BCUT2D eigenvalue weighted by molar-refractivity contribution is 0.0747. The number of piperazine rings is 1. The highest BCUT2D eigenvalue weighted by atomic mass is 35.5. The lowest BCUT2D eigenvalue weighted by Gasteiger charge is -2.34. The van der Waals surface area contributed by atoms with Crippen molar-refractivity contribution >= 4 is 44.2 Å². The summed E-state index contributed by atoms with van der Waals surface area (Å²) in [5.74, 6) is -0.289. The molecule has 0 spiro atoms. The summed E-state index contributed by atoms with van der Waals surface area (Å²) in [7, 11) is 0. The molecule has 1 aliphatic heterocycles. The first-order chi connectivity index (χ1) is 12.1. The smallest absolute Gasteiger partial charge is 0.253 e. The molecule has 0 radical (unpaired) electrons. The minimum atomic E-state index is -0.295. The monoisotopic (exact) mass is 375 g/mol. The lowest BCUT2D eigenvalue weighted by atomic mass is 10.2. The van der Waals surface area contributed by atoms with E-state index in [-0.39, 0.29) is 11.7 Å². The second-order valence-electron chi connectivity index (χ2n) is 5.87. The van der Waals surface area contributed by atoms with Crippen LogP contribution in [-0.4, -0.2) is 42.0 Å². The van der Waals surface area contributed by atoms with Crippen LogP contribution >= 0.6 is 22.9 Å². The van der Waals surface area contributed by atoms with Crippen LogP contribution < -0.4 is 4.90 Å². The molecular formula is C18H15ClFN3OS. The number of thiazole rings is 1. The zero-order valence-corrected chi connectivity index (χ0v) is 14.9. The topological polar surface area (TPSA) is 36.4 Å². The number of anilines is 1. The van der Waals surface area contributed by atoms with Gasteiger partial charge in [-0.1, -0.05) is 29.0 Å². The first kappa shape index (κ1) is 16.3. The number of amides is 1. The number of rotatable bonds is 2. The molecule has 0 unspecified atom stereocenters. The van der Waals surface area contributed by atoms with Crippen molar-refractivity contribution in [3.63, 3.8) is 0 Å². The van der Waals surface area contributed by atoms with E-state index in [9.17, 15) is 9.18 Å². The van der Waals surface area contributed by atoms with Crippen molar-refractivity contribution in [3.8, 4) is 0 Å². The molecule has 1 fully saturated rings. The molecule has 25 heavy (non-hydrogen) atoms. The predicted octanol–water partition coefficient (Wildman–Crippen LogP) is 4.05. The SMILES string of the molecule is O=C(c1ccc(Cl)cc1)N1CCN(c2nc3c(F)cccc3s2)CC1. The Labute approximate surface area is 153 Å². The van der Waals surface area contributed by atoms with E-state index >= 15 is 0 Å². The quantitative estimate of drug-likeness (QED) is 0.678. The van der Waals surface area contributed by atoms with Crippen LogP contribution in [0.25, 0.3) is 10.2 Å². The van der Waals surface area contributed by atoms with Crippen molar-refractivity contribution in [1.82, 2.24) is 9.88 Å². The third kappa shape index (κ3) is 3.19. The van der Waals surface area contributed by atoms with E-state index in [1.54, 1.807) is 30.3 Å². The normalized spacial score (nSPS) is 15.0. The summed E-state index contributed by atoms with van der Waals surface area (Å²) in [6, 6.07) is 11.9. The zero-order valence-electron chi connectivity index (χ0n) is 13.3. The number of aromatic nitrogens is 1. The fourth-order valence-corrected chi connectivity index (χ4v) is 4.07. The van der Waals surface area contributed by atoms with Gasteiger partial charge in [-0.25, -0.2) is 9.37 Å². The summed E-state index contributed by atoms with van der Waals surface area (Å²) >= 11 is 7.35. The molecule has 1 amide bonds. The number of halogens is 2. The van der Waals surface area contributed by atoms with Crippen LogP contribution in [-0.2, 0) is 0 Å². The Kier molecular flexibility index (Phi) is 4.31. The number of fused-ring (bicyclic) bond motifs is 1. The Bertz CT molecular complexity index is 920. The van der Waals surface area contributed by atoms with Crippen LogP contribution in [0, 0.1) is 5.82 Å². The first-order valence-electron chi connectivity index (χ1n) is 7.97. The second kappa shape index (κ2) is 6.61. The van der Waals surface area contributed by atoms with Crippen molar-refractivity contribution in [2.45, 2.75) is 0 Å². The van der Waals surface area contributed by atoms with Gasteiger partial charge in [0.1, 0.15) is 11.3 Å². The van der Waals surface area contributed by atoms with Gasteiger partial charge in [0.25, 0.3) is 5.91 Å². The predicted molar refractivity (Wildman–Crippen MR) is 99.1 cm³/mol. The summed E-state index contributed by atoms with van der Waals surface area (Å²) in [5, 5.41) is 1.42. The van der Waals surface area contributed by atoms with E-state index in [2.05, 4.69) is 9.88 Å². The molecule has 0 N–H and O–H groups in total. The molecule has 2 aromatic carbocycles. The molecule has 0 saturated carbocycles. The first-order valence-corrected chi connectivity index (χ1v) is 9.16. The summed E-state index contributed by atoms with van der Waals surface area (Å²) in [5.41, 5.74) is 1.06. The molecule has 0 atom stereocenters. The molecule has 128 valence electrons. The molecule has 3 aromatic rings. The van der Waals surface area contributed by atoms with Crippen LogP contribution in [0.1, 0.15) is 10.4 Å². The van der Waals surface area contributed by atoms with Crippen molar-refractivity contribution in [2.24, 2.45) is 0 Å². The van der Waals surface area contributed by atoms with Crippen molar-refractivity contribution < 1.29 is 9.18 Å². The highest BCUT2D eigenvalue weighted by Gasteiger charge is 2.24. The van der Waals surface area contributed by atoms with E-state index in [1.165, 1.54) is 17.4 Å². The minimum absolute atomic E-state index is 0.00617. The molecule has 1 aromatic heterocycles. The van der Waals surface area contributed by atoms with Gasteiger partial charge in [-0.15, -0.1) is 0 Å². The van der Waals surface area contributed by atoms with Crippen molar-refractivity contribution in [2.75, 3.05) is 31.1 Å². The average molecular weight is 376 g/mol. The average Bonchev–Trinajstić information content (AvgIpc) is 3.08. The van der Waals surface area contributed by atoms with Gasteiger partial charge in [-0.05, 0) is 36.4 Å². The number of carbonyl (C=O) groups excluding carboxylic acids is 1. The van der Waals surface area contributed by atoms with Gasteiger partial charge in [0.15, 0.2) is 5.13 Å². The van der Waals surface area contributed by atoms with Gasteiger partial charge in [0.2, 0.25) is 0 Å². The van der Waals surface area contributed by atoms with Crippen LogP contribution in [0.5, 0.6) is 0 Å². The molecule has 7 heteroatoms. The summed E-state index contributed by atoms with van der Waals surface area (Å²) in [6.45, 7) is 2.58. The van der Waals surface area contributed by atoms with Gasteiger partial charge >= 0.3 is 0 Å². The molecule has 1 saturated heterocycles. The molecule has 1 aliphatic rings. The van der Waals surface area contributed by atoms with E-state index in [0.29, 0.717) is 42.3 Å². The number of para-hydroxylation sites is 1. The third-order valence-corrected chi connectivity index (χ3v) is 5.62. The summed E-state index contributed by atoms with van der Waals surface area (Å²) in [4.78, 5) is 20.9. The Balaban J connectivity index is 1.46. The van der Waals surface area contributed by atoms with E-state index in [1.807, 2.05) is 11.0 Å². The molecule has 2 heterocycles. The van der Waals surface area contributed by atoms with Crippen LogP contribution in [0.2, 0.25) is 5.02 Å². The Morgan fingerprint density at radius 1 is 1.08 bits per heavy atom. The number of hydrogen-bond acceptors (Lipinski definition) is 4. The van der Waals surface area contributed by atoms with E-state index in [0.717, 1.165) is 9.83 Å². The fraction of sp³-hybridized carbons (Fsp3) is 0.222. The third-order valence-electron chi connectivity index (χ3n) is 4.29. The molecule has 4 rings (SSSR count). The molecule has 0 bridgehead atoms. The second-order valence-corrected chi connectivity index (χ2v) is 7.31. The molecule has 0 aliphatic carbocycles. The van der Waals surface area contributed by atoms with Crippen LogP contribution in [0.15, 0.2) is 42.5 Å². The van der Waals surface area contributed by atoms with Crippen molar-refractivity contribution in [1.29, 1.82) is 0 Å². The largest absolute Gasteiger partial charge is 0.345 e. The minimum Gasteiger partial charge on any atom is -0.345 e. The highest BCUT2D eigenvalue weighted by molar-refractivity contribution is 7.22. The maximum Gasteiger partial charge on any atom is 0.253 e. The fourth-order valence-electron chi connectivity index (χ4n) is 2.91. The van der Waals surface area contributed by atoms with Gasteiger partial charge < -0.3 is 9.80 Å². The van der Waals surface area contributed by atoms with E-state index in [4.69, 9.17) is 11.6 Å². The van der Waals surface area contributed by atoms with Gasteiger partial charge in [0, 0.05) is 36.8 Å². The molecular weight excluding hydrogens is 361 g/mol. The Morgan fingerprint density at radius 3 is 2.48 bits per heavy atom. The highest BCUT2D eigenvalue weighted by Crippen LogP contribution is 2.30. The lowest BCUT2D eigenvalue weighted by Crippen LogP contribution is -2.48. The van der Waals surface area contributed by atoms with E-state index < -0.39 is 0 Å². The molecule has 4 nitrogen and oxygen atoms in total. The zero-order chi connectivity index (χ0) is 17.4. The summed E-state index contributed by atoms with van der Waals surface area (Å²) in [6.07, 6.45) is 0.